The minimum absolute atomic E-state index is 0.369. The van der Waals surface area contributed by atoms with Gasteiger partial charge in [-0.25, -0.2) is 14.4 Å². The van der Waals surface area contributed by atoms with Crippen LogP contribution in [-0.2, 0) is 42.8 Å². The second-order valence-electron chi connectivity index (χ2n) is 19.0. The van der Waals surface area contributed by atoms with E-state index in [0.717, 1.165) is 36.4 Å². The standard InChI is InChI=1S/C48H57N3O30/c52-7-25-31(61)34(64)37(67)40(79-25)13-1-16(28(58)22(55)4-13)43(70)49-19-10-76-47(74)21(51-45(72)18-3-15(6-24(57)30(18)60)42-39(69)36(66)33(63)27(9-54)81-42)12-78-48(75)20(11-77-46(19)73)50-44(71)17-2-14(5-23(56)29(17)59)41-38(68)35(65)32(62)26(8-53)80-41/h1-6,19-21,25-27,31-42,52-69H,7-12H2,(H,49,70)(H,50,71)(H,51,72)/t19?,20?,21?,25-,26-,27-,31-,32-,33-,34+,35+,36+,37-,38-,39-,40+,41+,42+/m1/s1. The number of phenolic OH excluding ortho intramolecular Hbond substituents is 6. The first kappa shape index (κ1) is 61.3. The summed E-state index contributed by atoms with van der Waals surface area (Å²) in [6.07, 6.45) is -27.0. The molecule has 3 aromatic carbocycles. The van der Waals surface area contributed by atoms with Gasteiger partial charge in [0, 0.05) is 0 Å². The van der Waals surface area contributed by atoms with Gasteiger partial charge in [-0.3, -0.25) is 14.4 Å². The fourth-order valence-electron chi connectivity index (χ4n) is 9.08. The Kier molecular flexibility index (Phi) is 19.1. The Labute approximate surface area is 453 Å². The number of aromatic hydroxyl groups is 6. The SMILES string of the molecule is O=C(NC1COC(=O)C(NC(=O)c2cc([C@@H]3O[C@H](CO)[C@@H](O)[C@H](O)[C@H]3O)cc(O)c2O)COC(=O)C(NC(=O)c2cc([C@@H]3O[C@H](CO)[C@@H](O)[C@H](O)[C@H]3O)cc(O)c2O)COC1=O)c1cc([C@@H]2O[C@H](CO)[C@@H](O)[C@H](O)[C@H]2O)cc(O)c1O. The summed E-state index contributed by atoms with van der Waals surface area (Å²) in [6, 6.07) is -2.13. The third-order valence-electron chi connectivity index (χ3n) is 13.7. The summed E-state index contributed by atoms with van der Waals surface area (Å²) in [6.45, 7) is -6.58. The van der Waals surface area contributed by atoms with Crippen LogP contribution in [0, 0.1) is 0 Å². The maximum absolute atomic E-state index is 13.9. The molecule has 0 bridgehead atoms. The summed E-state index contributed by atoms with van der Waals surface area (Å²) in [5.74, 6) is -16.2. The van der Waals surface area contributed by atoms with Crippen LogP contribution in [0.4, 0.5) is 0 Å². The van der Waals surface area contributed by atoms with Crippen molar-refractivity contribution in [1.82, 2.24) is 16.0 Å². The van der Waals surface area contributed by atoms with Crippen molar-refractivity contribution in [3.63, 3.8) is 0 Å². The van der Waals surface area contributed by atoms with Gasteiger partial charge in [-0.2, -0.15) is 0 Å². The van der Waals surface area contributed by atoms with Crippen LogP contribution >= 0.6 is 0 Å². The molecule has 3 amide bonds. The summed E-state index contributed by atoms with van der Waals surface area (Å²) in [7, 11) is 0. The normalized spacial score (nSPS) is 33.1. The largest absolute Gasteiger partial charge is 0.504 e. The second kappa shape index (κ2) is 25.2. The lowest BCUT2D eigenvalue weighted by molar-refractivity contribution is -0.231. The molecule has 0 aliphatic carbocycles. The van der Waals surface area contributed by atoms with Crippen molar-refractivity contribution in [2.45, 2.75) is 110 Å². The van der Waals surface area contributed by atoms with E-state index in [9.17, 15) is 121 Å². The van der Waals surface area contributed by atoms with Gasteiger partial charge in [-0.15, -0.1) is 0 Å². The summed E-state index contributed by atoms with van der Waals surface area (Å²) < 4.78 is 32.1. The highest BCUT2D eigenvalue weighted by atomic mass is 16.6. The lowest BCUT2D eigenvalue weighted by Gasteiger charge is -2.40. The molecule has 0 spiro atoms. The molecular formula is C48H57N3O30. The maximum Gasteiger partial charge on any atom is 0.332 e. The number of cyclic esters (lactones) is 3. The van der Waals surface area contributed by atoms with E-state index in [0.29, 0.717) is 0 Å². The topological polar surface area (TPSA) is 558 Å². The lowest BCUT2D eigenvalue weighted by atomic mass is 9.90. The minimum Gasteiger partial charge on any atom is -0.504 e. The molecule has 18 atom stereocenters. The number of nitrogens with one attached hydrogen (secondary N) is 3. The molecule has 33 nitrogen and oxygen atoms in total. The van der Waals surface area contributed by atoms with Crippen LogP contribution in [-0.4, -0.2) is 259 Å². The maximum atomic E-state index is 13.9. The van der Waals surface area contributed by atoms with Gasteiger partial charge < -0.3 is 136 Å². The smallest absolute Gasteiger partial charge is 0.332 e. The third-order valence-corrected chi connectivity index (χ3v) is 13.7. The number of carbonyl (C=O) groups is 6. The second-order valence-corrected chi connectivity index (χ2v) is 19.0. The fourth-order valence-corrected chi connectivity index (χ4v) is 9.08. The molecule has 0 aromatic heterocycles. The number of rotatable bonds is 12. The highest BCUT2D eigenvalue weighted by molar-refractivity contribution is 6.02. The van der Waals surface area contributed by atoms with Crippen molar-refractivity contribution < 1.29 is 149 Å². The van der Waals surface area contributed by atoms with Crippen molar-refractivity contribution in [3.8, 4) is 34.5 Å². The van der Waals surface area contributed by atoms with Crippen LogP contribution in [0.5, 0.6) is 34.5 Å². The molecule has 7 rings (SSSR count). The number of aliphatic hydroxyl groups excluding tert-OH is 12. The van der Waals surface area contributed by atoms with E-state index in [1.54, 1.807) is 0 Å². The highest BCUT2D eigenvalue weighted by Crippen LogP contribution is 2.42. The van der Waals surface area contributed by atoms with Crippen LogP contribution < -0.4 is 16.0 Å². The predicted octanol–water partition coefficient (Wildman–Crippen LogP) is -8.20. The van der Waals surface area contributed by atoms with E-state index in [2.05, 4.69) is 0 Å². The van der Waals surface area contributed by atoms with E-state index < -0.39 is 236 Å². The molecule has 4 saturated heterocycles. The molecule has 4 heterocycles. The Balaban J connectivity index is 1.21. The van der Waals surface area contributed by atoms with Crippen molar-refractivity contribution in [2.24, 2.45) is 0 Å². The first-order valence-electron chi connectivity index (χ1n) is 24.2. The number of aliphatic hydroxyl groups is 12. The summed E-state index contributed by atoms with van der Waals surface area (Å²) in [5, 5.41) is 194. The number of hydrogen-bond acceptors (Lipinski definition) is 30. The Morgan fingerprint density at radius 2 is 0.617 bits per heavy atom. The number of carbonyl (C=O) groups excluding carboxylic acids is 6. The molecule has 21 N–H and O–H groups in total. The number of hydrogen-bond donors (Lipinski definition) is 21. The zero-order valence-electron chi connectivity index (χ0n) is 41.5. The van der Waals surface area contributed by atoms with Gasteiger partial charge in [-0.1, -0.05) is 0 Å². The van der Waals surface area contributed by atoms with E-state index in [1.165, 1.54) is 0 Å². The number of amides is 3. The van der Waals surface area contributed by atoms with E-state index in [4.69, 9.17) is 28.4 Å². The summed E-state index contributed by atoms with van der Waals surface area (Å²) in [5.41, 5.74) is -3.87. The average molecular weight is 1160 g/mol. The van der Waals surface area contributed by atoms with Gasteiger partial charge in [0.15, 0.2) is 52.6 Å². The number of phenols is 6. The molecule has 3 unspecified atom stereocenters. The molecule has 444 valence electrons. The monoisotopic (exact) mass is 1160 g/mol. The van der Waals surface area contributed by atoms with Gasteiger partial charge in [0.05, 0.1) is 36.5 Å². The number of ether oxygens (including phenoxy) is 6. The Bertz CT molecular complexity index is 2550. The lowest BCUT2D eigenvalue weighted by Crippen LogP contribution is -2.55. The van der Waals surface area contributed by atoms with Gasteiger partial charge in [0.1, 0.15) is 111 Å². The molecular weight excluding hydrogens is 1100 g/mol. The number of benzene rings is 3. The van der Waals surface area contributed by atoms with Gasteiger partial charge >= 0.3 is 17.9 Å². The Morgan fingerprint density at radius 3 is 0.840 bits per heavy atom. The van der Waals surface area contributed by atoms with Crippen molar-refractivity contribution >= 4 is 35.6 Å². The highest BCUT2D eigenvalue weighted by Gasteiger charge is 2.48. The molecule has 4 fully saturated rings. The molecule has 4 aliphatic rings. The Hall–Kier alpha value is -7.32. The third kappa shape index (κ3) is 12.6. The molecule has 4 aliphatic heterocycles. The van der Waals surface area contributed by atoms with E-state index in [1.807, 2.05) is 16.0 Å². The van der Waals surface area contributed by atoms with Crippen molar-refractivity contribution in [3.05, 3.63) is 69.8 Å². The molecule has 0 radical (unpaired) electrons. The molecule has 81 heavy (non-hydrogen) atoms. The minimum atomic E-state index is -2.26. The van der Waals surface area contributed by atoms with Crippen LogP contribution in [0.15, 0.2) is 36.4 Å². The van der Waals surface area contributed by atoms with Gasteiger partial charge in [0.2, 0.25) is 0 Å². The van der Waals surface area contributed by atoms with Crippen LogP contribution in [0.1, 0.15) is 66.1 Å². The zero-order valence-corrected chi connectivity index (χ0v) is 41.5. The predicted molar refractivity (Wildman–Crippen MR) is 254 cm³/mol. The van der Waals surface area contributed by atoms with Crippen LogP contribution in [0.2, 0.25) is 0 Å². The van der Waals surface area contributed by atoms with Crippen LogP contribution in [0.25, 0.3) is 0 Å². The number of esters is 3. The molecule has 33 heteroatoms. The molecule has 3 aromatic rings. The first-order chi connectivity index (χ1) is 38.2. The van der Waals surface area contributed by atoms with Gasteiger partial charge in [-0.05, 0) is 53.1 Å². The van der Waals surface area contributed by atoms with E-state index in [-0.39, 0.29) is 16.7 Å². The average Bonchev–Trinajstić information content (AvgIpc) is 3.48. The van der Waals surface area contributed by atoms with Gasteiger partial charge in [0.25, 0.3) is 17.7 Å². The van der Waals surface area contributed by atoms with Crippen molar-refractivity contribution in [2.75, 3.05) is 39.6 Å². The van der Waals surface area contributed by atoms with Crippen molar-refractivity contribution in [1.29, 1.82) is 0 Å². The summed E-state index contributed by atoms with van der Waals surface area (Å²) >= 11 is 0. The van der Waals surface area contributed by atoms with Crippen LogP contribution in [0.3, 0.4) is 0 Å². The molecule has 0 saturated carbocycles. The quantitative estimate of drug-likeness (QED) is 0.0455. The van der Waals surface area contributed by atoms with E-state index >= 15 is 0 Å². The zero-order chi connectivity index (χ0) is 59.6. The first-order valence-corrected chi connectivity index (χ1v) is 24.2. The fraction of sp³-hybridized carbons (Fsp3) is 0.500. The summed E-state index contributed by atoms with van der Waals surface area (Å²) in [4.78, 5) is 83.5. The Morgan fingerprint density at radius 1 is 0.383 bits per heavy atom.